The summed E-state index contributed by atoms with van der Waals surface area (Å²) in [6.45, 7) is 2.76. The van der Waals surface area contributed by atoms with E-state index in [4.69, 9.17) is 4.74 Å². The number of carbonyl (C=O) groups is 1. The molecule has 5 heteroatoms. The van der Waals surface area contributed by atoms with E-state index in [1.54, 1.807) is 0 Å². The number of carbonyl (C=O) groups excluding carboxylic acids is 1. The number of hydrogen-bond donors (Lipinski definition) is 1. The molecule has 1 N–H and O–H groups in total. The zero-order chi connectivity index (χ0) is 17.1. The van der Waals surface area contributed by atoms with E-state index >= 15 is 0 Å². The van der Waals surface area contributed by atoms with Crippen LogP contribution in [0, 0.1) is 5.92 Å². The Hall–Kier alpha value is -1.20. The first kappa shape index (κ1) is 17.2. The average Bonchev–Trinajstić information content (AvgIpc) is 2.69. The van der Waals surface area contributed by atoms with Crippen LogP contribution in [0.15, 0.2) is 24.3 Å². The highest BCUT2D eigenvalue weighted by Crippen LogP contribution is 2.28. The highest BCUT2D eigenvalue weighted by molar-refractivity contribution is 7.99. The Balaban J connectivity index is 1.25. The van der Waals surface area contributed by atoms with Crippen LogP contribution in [-0.4, -0.2) is 54.1 Å². The van der Waals surface area contributed by atoms with E-state index in [2.05, 4.69) is 28.0 Å². The molecule has 0 saturated carbocycles. The minimum absolute atomic E-state index is 0.0525. The molecule has 25 heavy (non-hydrogen) atoms. The lowest BCUT2D eigenvalue weighted by Gasteiger charge is -2.39. The van der Waals surface area contributed by atoms with Crippen molar-refractivity contribution < 1.29 is 9.53 Å². The van der Waals surface area contributed by atoms with Crippen LogP contribution < -0.4 is 10.1 Å². The number of hydrogen-bond acceptors (Lipinski definition) is 4. The van der Waals surface area contributed by atoms with Crippen LogP contribution in [-0.2, 0) is 11.2 Å². The SMILES string of the molecule is O=C(NC1CCN(C2CCSCC2)CC1)[C@H]1COc2ccccc2C1. The largest absolute Gasteiger partial charge is 0.492 e. The summed E-state index contributed by atoms with van der Waals surface area (Å²) in [6, 6.07) is 9.17. The fourth-order valence-electron chi connectivity index (χ4n) is 4.27. The second kappa shape index (κ2) is 8.00. The maximum absolute atomic E-state index is 12.7. The smallest absolute Gasteiger partial charge is 0.227 e. The van der Waals surface area contributed by atoms with E-state index in [0.717, 1.165) is 49.7 Å². The molecule has 3 heterocycles. The average molecular weight is 361 g/mol. The Morgan fingerprint density at radius 3 is 2.68 bits per heavy atom. The van der Waals surface area contributed by atoms with Gasteiger partial charge in [-0.05, 0) is 55.2 Å². The fourth-order valence-corrected chi connectivity index (χ4v) is 5.36. The summed E-state index contributed by atoms with van der Waals surface area (Å²) < 4.78 is 5.77. The molecule has 0 radical (unpaired) electrons. The number of rotatable bonds is 3. The predicted molar refractivity (Wildman–Crippen MR) is 102 cm³/mol. The highest BCUT2D eigenvalue weighted by Gasteiger charge is 2.30. The van der Waals surface area contributed by atoms with E-state index in [0.29, 0.717) is 12.6 Å². The van der Waals surface area contributed by atoms with E-state index < -0.39 is 0 Å². The third-order valence-electron chi connectivity index (χ3n) is 5.83. The molecule has 0 spiro atoms. The monoisotopic (exact) mass is 360 g/mol. The lowest BCUT2D eigenvalue weighted by Crippen LogP contribution is -2.50. The van der Waals surface area contributed by atoms with Gasteiger partial charge in [-0.15, -0.1) is 0 Å². The van der Waals surface area contributed by atoms with Crippen LogP contribution in [0.25, 0.3) is 0 Å². The molecule has 3 aliphatic rings. The van der Waals surface area contributed by atoms with Crippen molar-refractivity contribution in [3.8, 4) is 5.75 Å². The van der Waals surface area contributed by atoms with Crippen molar-refractivity contribution in [3.63, 3.8) is 0 Å². The topological polar surface area (TPSA) is 41.6 Å². The Kier molecular flexibility index (Phi) is 5.51. The predicted octanol–water partition coefficient (Wildman–Crippen LogP) is 2.71. The molecule has 0 aliphatic carbocycles. The molecule has 1 aromatic carbocycles. The maximum Gasteiger partial charge on any atom is 0.227 e. The quantitative estimate of drug-likeness (QED) is 0.900. The van der Waals surface area contributed by atoms with Gasteiger partial charge in [-0.2, -0.15) is 11.8 Å². The molecule has 4 nitrogen and oxygen atoms in total. The summed E-state index contributed by atoms with van der Waals surface area (Å²) in [7, 11) is 0. The van der Waals surface area contributed by atoms with Crippen LogP contribution >= 0.6 is 11.8 Å². The van der Waals surface area contributed by atoms with Gasteiger partial charge in [0.15, 0.2) is 0 Å². The van der Waals surface area contributed by atoms with E-state index in [1.807, 2.05) is 18.2 Å². The Labute approximate surface area is 154 Å². The number of nitrogens with one attached hydrogen (secondary N) is 1. The lowest BCUT2D eigenvalue weighted by atomic mass is 9.94. The van der Waals surface area contributed by atoms with Crippen molar-refractivity contribution in [2.75, 3.05) is 31.2 Å². The number of piperidine rings is 1. The van der Waals surface area contributed by atoms with E-state index in [-0.39, 0.29) is 11.8 Å². The molecule has 0 aromatic heterocycles. The molecule has 1 aromatic rings. The van der Waals surface area contributed by atoms with Gasteiger partial charge in [0.05, 0.1) is 5.92 Å². The molecule has 2 saturated heterocycles. The van der Waals surface area contributed by atoms with Gasteiger partial charge in [-0.25, -0.2) is 0 Å². The summed E-state index contributed by atoms with van der Waals surface area (Å²) in [5.74, 6) is 3.67. The second-order valence-electron chi connectivity index (χ2n) is 7.48. The van der Waals surface area contributed by atoms with Gasteiger partial charge in [0, 0.05) is 25.2 Å². The van der Waals surface area contributed by atoms with Crippen LogP contribution in [0.3, 0.4) is 0 Å². The number of para-hydroxylation sites is 1. The summed E-state index contributed by atoms with van der Waals surface area (Å²) in [6.07, 6.45) is 5.63. The molecule has 3 aliphatic heterocycles. The number of amides is 1. The van der Waals surface area contributed by atoms with Gasteiger partial charge >= 0.3 is 0 Å². The van der Waals surface area contributed by atoms with Crippen molar-refractivity contribution in [2.24, 2.45) is 5.92 Å². The zero-order valence-electron chi connectivity index (χ0n) is 14.8. The highest BCUT2D eigenvalue weighted by atomic mass is 32.2. The molecule has 0 unspecified atom stereocenters. The van der Waals surface area contributed by atoms with Crippen LogP contribution in [0.4, 0.5) is 0 Å². The van der Waals surface area contributed by atoms with Crippen LogP contribution in [0.2, 0.25) is 0 Å². The van der Waals surface area contributed by atoms with Crippen molar-refractivity contribution in [1.82, 2.24) is 10.2 Å². The summed E-state index contributed by atoms with van der Waals surface area (Å²) >= 11 is 2.09. The number of thioether (sulfide) groups is 1. The van der Waals surface area contributed by atoms with Crippen molar-refractivity contribution >= 4 is 17.7 Å². The molecule has 1 amide bonds. The van der Waals surface area contributed by atoms with E-state index in [9.17, 15) is 4.79 Å². The first-order chi connectivity index (χ1) is 12.3. The number of ether oxygens (including phenoxy) is 1. The molecule has 2 fully saturated rings. The maximum atomic E-state index is 12.7. The number of fused-ring (bicyclic) bond motifs is 1. The summed E-state index contributed by atoms with van der Waals surface area (Å²) in [4.78, 5) is 15.3. The van der Waals surface area contributed by atoms with Gasteiger partial charge in [-0.3, -0.25) is 4.79 Å². The zero-order valence-corrected chi connectivity index (χ0v) is 15.6. The van der Waals surface area contributed by atoms with Gasteiger partial charge in [0.2, 0.25) is 5.91 Å². The fraction of sp³-hybridized carbons (Fsp3) is 0.650. The second-order valence-corrected chi connectivity index (χ2v) is 8.71. The van der Waals surface area contributed by atoms with Gasteiger partial charge in [0.25, 0.3) is 0 Å². The number of nitrogens with zero attached hydrogens (tertiary/aromatic N) is 1. The molecule has 0 bridgehead atoms. The molecular formula is C20H28N2O2S. The Morgan fingerprint density at radius 1 is 1.12 bits per heavy atom. The summed E-state index contributed by atoms with van der Waals surface area (Å²) in [5.41, 5.74) is 1.15. The van der Waals surface area contributed by atoms with Crippen molar-refractivity contribution in [2.45, 2.75) is 44.2 Å². The third-order valence-corrected chi connectivity index (χ3v) is 6.88. The molecule has 1 atom stereocenters. The Morgan fingerprint density at radius 2 is 1.88 bits per heavy atom. The number of likely N-dealkylation sites (tertiary alicyclic amines) is 1. The number of benzene rings is 1. The summed E-state index contributed by atoms with van der Waals surface area (Å²) in [5, 5.41) is 3.29. The van der Waals surface area contributed by atoms with Crippen molar-refractivity contribution in [1.29, 1.82) is 0 Å². The van der Waals surface area contributed by atoms with Crippen molar-refractivity contribution in [3.05, 3.63) is 29.8 Å². The van der Waals surface area contributed by atoms with Gasteiger partial charge in [-0.1, -0.05) is 18.2 Å². The van der Waals surface area contributed by atoms with Gasteiger partial charge < -0.3 is 15.0 Å². The minimum Gasteiger partial charge on any atom is -0.492 e. The molecule has 136 valence electrons. The first-order valence-electron chi connectivity index (χ1n) is 9.62. The minimum atomic E-state index is -0.0525. The molecule has 4 rings (SSSR count). The van der Waals surface area contributed by atoms with Crippen LogP contribution in [0.1, 0.15) is 31.2 Å². The van der Waals surface area contributed by atoms with E-state index in [1.165, 1.54) is 24.3 Å². The lowest BCUT2D eigenvalue weighted by molar-refractivity contribution is -0.127. The normalized spacial score (nSPS) is 25.8. The molecular weight excluding hydrogens is 332 g/mol. The first-order valence-corrected chi connectivity index (χ1v) is 10.8. The standard InChI is InChI=1S/C20H28N2O2S/c23-20(16-13-15-3-1-2-4-19(15)24-14-16)21-17-5-9-22(10-6-17)18-7-11-25-12-8-18/h1-4,16-18H,5-14H2,(H,21,23)/t16-/m1/s1. The van der Waals surface area contributed by atoms with Crippen LogP contribution in [0.5, 0.6) is 5.75 Å². The van der Waals surface area contributed by atoms with Gasteiger partial charge in [0.1, 0.15) is 12.4 Å². The Bertz CT molecular complexity index is 595. The third kappa shape index (κ3) is 4.14.